The highest BCUT2D eigenvalue weighted by Crippen LogP contribution is 2.20. The maximum atomic E-state index is 13.3. The zero-order valence-electron chi connectivity index (χ0n) is 17.6. The molecule has 1 aliphatic rings. The second-order valence-electron chi connectivity index (χ2n) is 7.75. The molecule has 162 valence electrons. The Morgan fingerprint density at radius 1 is 1.03 bits per heavy atom. The number of rotatable bonds is 8. The Hall–Kier alpha value is -2.77. The van der Waals surface area contributed by atoms with Crippen LogP contribution in [0.15, 0.2) is 53.9 Å². The van der Waals surface area contributed by atoms with Crippen molar-refractivity contribution in [3.05, 3.63) is 81.6 Å². The van der Waals surface area contributed by atoms with Gasteiger partial charge in [0.1, 0.15) is 22.3 Å². The third-order valence-electron chi connectivity index (χ3n) is 5.41. The molecule has 0 N–H and O–H groups in total. The van der Waals surface area contributed by atoms with Crippen LogP contribution in [0, 0.1) is 5.82 Å². The first-order valence-electron chi connectivity index (χ1n) is 10.4. The predicted octanol–water partition coefficient (Wildman–Crippen LogP) is 4.73. The van der Waals surface area contributed by atoms with E-state index in [0.29, 0.717) is 25.3 Å². The second kappa shape index (κ2) is 10.0. The summed E-state index contributed by atoms with van der Waals surface area (Å²) in [4.78, 5) is 21.4. The van der Waals surface area contributed by atoms with E-state index in [2.05, 4.69) is 9.88 Å². The minimum absolute atomic E-state index is 0.0280. The van der Waals surface area contributed by atoms with Gasteiger partial charge in [-0.25, -0.2) is 9.37 Å². The fourth-order valence-corrected chi connectivity index (χ4v) is 4.57. The largest absolute Gasteiger partial charge is 0.497 e. The lowest BCUT2D eigenvalue weighted by molar-refractivity contribution is 0.0787. The Balaban J connectivity index is 1.49. The molecule has 2 aromatic carbocycles. The van der Waals surface area contributed by atoms with Crippen LogP contribution in [0.25, 0.3) is 0 Å². The van der Waals surface area contributed by atoms with Crippen molar-refractivity contribution < 1.29 is 13.9 Å². The lowest BCUT2D eigenvalue weighted by Gasteiger charge is -2.22. The Bertz CT molecular complexity index is 998. The van der Waals surface area contributed by atoms with E-state index in [1.807, 2.05) is 34.5 Å². The molecule has 1 saturated heterocycles. The maximum absolute atomic E-state index is 13.3. The normalized spacial score (nSPS) is 13.7. The van der Waals surface area contributed by atoms with Crippen molar-refractivity contribution in [2.75, 3.05) is 20.2 Å². The molecule has 2 heterocycles. The van der Waals surface area contributed by atoms with Gasteiger partial charge in [-0.2, -0.15) is 0 Å². The number of amides is 1. The van der Waals surface area contributed by atoms with Gasteiger partial charge in [-0.05, 0) is 48.2 Å². The number of benzene rings is 2. The molecule has 1 aliphatic heterocycles. The number of halogens is 1. The summed E-state index contributed by atoms with van der Waals surface area (Å²) in [7, 11) is 1.65. The van der Waals surface area contributed by atoms with Gasteiger partial charge in [0.25, 0.3) is 5.91 Å². The fourth-order valence-electron chi connectivity index (χ4n) is 3.76. The van der Waals surface area contributed by atoms with Crippen LogP contribution in [-0.4, -0.2) is 40.9 Å². The first kappa shape index (κ1) is 21.5. The first-order valence-corrected chi connectivity index (χ1v) is 11.3. The van der Waals surface area contributed by atoms with E-state index in [-0.39, 0.29) is 11.7 Å². The smallest absolute Gasteiger partial charge is 0.273 e. The number of carbonyl (C=O) groups is 1. The van der Waals surface area contributed by atoms with Crippen LogP contribution in [-0.2, 0) is 19.6 Å². The van der Waals surface area contributed by atoms with E-state index >= 15 is 0 Å². The molecule has 0 spiro atoms. The number of hydrogen-bond donors (Lipinski definition) is 0. The lowest BCUT2D eigenvalue weighted by Crippen LogP contribution is -2.28. The summed E-state index contributed by atoms with van der Waals surface area (Å²) in [6.45, 7) is 3.61. The van der Waals surface area contributed by atoms with Crippen molar-refractivity contribution in [3.8, 4) is 5.75 Å². The van der Waals surface area contributed by atoms with Gasteiger partial charge in [0, 0.05) is 31.6 Å². The number of nitrogens with zero attached hydrogens (tertiary/aromatic N) is 3. The van der Waals surface area contributed by atoms with Crippen molar-refractivity contribution in [1.82, 2.24) is 14.8 Å². The number of ether oxygens (including phenoxy) is 1. The van der Waals surface area contributed by atoms with Crippen LogP contribution in [0.2, 0.25) is 0 Å². The molecule has 0 unspecified atom stereocenters. The monoisotopic (exact) mass is 439 g/mol. The molecular weight excluding hydrogens is 413 g/mol. The number of thiazole rings is 1. The number of likely N-dealkylation sites (tertiary alicyclic amines) is 1. The van der Waals surface area contributed by atoms with Crippen molar-refractivity contribution >= 4 is 17.2 Å². The molecule has 0 radical (unpaired) electrons. The minimum atomic E-state index is -0.240. The summed E-state index contributed by atoms with van der Waals surface area (Å²) < 4.78 is 18.6. The Labute approximate surface area is 186 Å². The molecule has 5 nitrogen and oxygen atoms in total. The van der Waals surface area contributed by atoms with Crippen molar-refractivity contribution in [1.29, 1.82) is 0 Å². The number of carbonyl (C=O) groups excluding carboxylic acids is 1. The van der Waals surface area contributed by atoms with Crippen molar-refractivity contribution in [2.45, 2.75) is 32.5 Å². The van der Waals surface area contributed by atoms with Gasteiger partial charge < -0.3 is 9.64 Å². The van der Waals surface area contributed by atoms with E-state index in [1.165, 1.54) is 23.5 Å². The van der Waals surface area contributed by atoms with Crippen molar-refractivity contribution in [3.63, 3.8) is 0 Å². The lowest BCUT2D eigenvalue weighted by atomic mass is 10.1. The average Bonchev–Trinajstić information content (AvgIpc) is 3.48. The van der Waals surface area contributed by atoms with E-state index in [9.17, 15) is 9.18 Å². The summed E-state index contributed by atoms with van der Waals surface area (Å²) in [6.07, 6.45) is 2.13. The molecule has 1 aromatic heterocycles. The molecular formula is C24H26FN3O2S. The molecule has 31 heavy (non-hydrogen) atoms. The molecule has 3 aromatic rings. The Morgan fingerprint density at radius 2 is 1.65 bits per heavy atom. The highest BCUT2D eigenvalue weighted by Gasteiger charge is 2.22. The molecule has 1 fully saturated rings. The van der Waals surface area contributed by atoms with Gasteiger partial charge in [-0.15, -0.1) is 11.3 Å². The molecule has 0 bridgehead atoms. The summed E-state index contributed by atoms with van der Waals surface area (Å²) in [6, 6.07) is 14.6. The van der Waals surface area contributed by atoms with E-state index < -0.39 is 0 Å². The Morgan fingerprint density at radius 3 is 2.26 bits per heavy atom. The number of aromatic nitrogens is 1. The van der Waals surface area contributed by atoms with Gasteiger partial charge in [0.05, 0.1) is 13.7 Å². The SMILES string of the molecule is COc1ccc(CN(Cc2ccc(F)cc2)Cc2nc(C(=O)N3CCCC3)cs2)cc1. The maximum Gasteiger partial charge on any atom is 0.273 e. The molecule has 4 rings (SSSR count). The van der Waals surface area contributed by atoms with Gasteiger partial charge in [0.2, 0.25) is 0 Å². The zero-order valence-corrected chi connectivity index (χ0v) is 18.4. The number of methoxy groups -OCH3 is 1. The fraction of sp³-hybridized carbons (Fsp3) is 0.333. The topological polar surface area (TPSA) is 45.7 Å². The van der Waals surface area contributed by atoms with E-state index in [4.69, 9.17) is 4.74 Å². The van der Waals surface area contributed by atoms with Crippen LogP contribution in [0.5, 0.6) is 5.75 Å². The molecule has 0 atom stereocenters. The number of hydrogen-bond acceptors (Lipinski definition) is 5. The predicted molar refractivity (Wildman–Crippen MR) is 120 cm³/mol. The minimum Gasteiger partial charge on any atom is -0.497 e. The van der Waals surface area contributed by atoms with Crippen LogP contribution >= 0.6 is 11.3 Å². The zero-order chi connectivity index (χ0) is 21.6. The quantitative estimate of drug-likeness (QED) is 0.509. The molecule has 7 heteroatoms. The highest BCUT2D eigenvalue weighted by atomic mass is 32.1. The van der Waals surface area contributed by atoms with Crippen LogP contribution < -0.4 is 4.74 Å². The highest BCUT2D eigenvalue weighted by molar-refractivity contribution is 7.09. The van der Waals surface area contributed by atoms with E-state index in [0.717, 1.165) is 47.8 Å². The van der Waals surface area contributed by atoms with Crippen molar-refractivity contribution in [2.24, 2.45) is 0 Å². The molecule has 0 saturated carbocycles. The van der Waals surface area contributed by atoms with Crippen LogP contribution in [0.3, 0.4) is 0 Å². The molecule has 0 aliphatic carbocycles. The average molecular weight is 440 g/mol. The summed E-state index contributed by atoms with van der Waals surface area (Å²) in [5, 5.41) is 2.76. The third kappa shape index (κ3) is 5.68. The molecule has 1 amide bonds. The van der Waals surface area contributed by atoms with Crippen LogP contribution in [0.4, 0.5) is 4.39 Å². The second-order valence-corrected chi connectivity index (χ2v) is 8.69. The summed E-state index contributed by atoms with van der Waals surface area (Å²) in [5.41, 5.74) is 2.71. The Kier molecular flexibility index (Phi) is 6.94. The summed E-state index contributed by atoms with van der Waals surface area (Å²) >= 11 is 1.51. The van der Waals surface area contributed by atoms with Gasteiger partial charge in [-0.3, -0.25) is 9.69 Å². The first-order chi connectivity index (χ1) is 15.1. The van der Waals surface area contributed by atoms with Gasteiger partial charge >= 0.3 is 0 Å². The summed E-state index contributed by atoms with van der Waals surface area (Å²) in [5.74, 6) is 0.606. The third-order valence-corrected chi connectivity index (χ3v) is 6.24. The van der Waals surface area contributed by atoms with Gasteiger partial charge in [0.15, 0.2) is 0 Å². The van der Waals surface area contributed by atoms with Gasteiger partial charge in [-0.1, -0.05) is 24.3 Å². The van der Waals surface area contributed by atoms with Crippen LogP contribution in [0.1, 0.15) is 39.5 Å². The van der Waals surface area contributed by atoms with E-state index in [1.54, 1.807) is 19.2 Å². The standard InChI is InChI=1S/C24H26FN3O2S/c1-30-21-10-6-19(7-11-21)15-27(14-18-4-8-20(25)9-5-18)16-23-26-22(17-31-23)24(29)28-12-2-3-13-28/h4-11,17H,2-3,12-16H2,1H3.